The van der Waals surface area contributed by atoms with Crippen molar-refractivity contribution in [2.45, 2.75) is 39.5 Å². The van der Waals surface area contributed by atoms with E-state index in [0.717, 1.165) is 39.9 Å². The van der Waals surface area contributed by atoms with Crippen LogP contribution in [0.25, 0.3) is 21.5 Å². The highest BCUT2D eigenvalue weighted by atomic mass is 16.5. The summed E-state index contributed by atoms with van der Waals surface area (Å²) in [6.45, 7) is 4.19. The first-order valence-electron chi connectivity index (χ1n) is 10.6. The van der Waals surface area contributed by atoms with Gasteiger partial charge in [0.1, 0.15) is 5.75 Å². The number of hydrogen-bond donors (Lipinski definition) is 1. The van der Waals surface area contributed by atoms with Gasteiger partial charge in [0.2, 0.25) is 0 Å². The van der Waals surface area contributed by atoms with Crippen LogP contribution in [0.3, 0.4) is 0 Å². The Balaban J connectivity index is 1.90. The van der Waals surface area contributed by atoms with Crippen molar-refractivity contribution in [3.63, 3.8) is 0 Å². The highest BCUT2D eigenvalue weighted by Gasteiger charge is 2.36. The van der Waals surface area contributed by atoms with Crippen molar-refractivity contribution >= 4 is 33.5 Å². The normalized spacial score (nSPS) is 18.6. The molecule has 0 heterocycles. The Morgan fingerprint density at radius 3 is 2.30 bits per heavy atom. The highest BCUT2D eigenvalue weighted by molar-refractivity contribution is 6.09. The number of carbonyl (C=O) groups excluding carboxylic acids is 1. The van der Waals surface area contributed by atoms with E-state index in [1.807, 2.05) is 36.4 Å². The van der Waals surface area contributed by atoms with Crippen molar-refractivity contribution < 1.29 is 19.4 Å². The molecule has 0 amide bonds. The van der Waals surface area contributed by atoms with E-state index in [2.05, 4.69) is 32.0 Å². The minimum atomic E-state index is -0.952. The van der Waals surface area contributed by atoms with E-state index in [1.54, 1.807) is 0 Å². The van der Waals surface area contributed by atoms with Crippen LogP contribution in [-0.2, 0) is 22.4 Å². The lowest BCUT2D eigenvalue weighted by Crippen LogP contribution is -2.33. The third-order valence-electron chi connectivity index (χ3n) is 6.17. The summed E-state index contributed by atoms with van der Waals surface area (Å²) in [6.07, 6.45) is 6.13. The largest absolute Gasteiger partial charge is 0.481 e. The lowest BCUT2D eigenvalue weighted by Gasteiger charge is -2.24. The molecule has 0 bridgehead atoms. The van der Waals surface area contributed by atoms with E-state index in [-0.39, 0.29) is 0 Å². The third kappa shape index (κ3) is 3.47. The average Bonchev–Trinajstić information content (AvgIpc) is 2.77. The molecule has 0 aromatic heterocycles. The monoisotopic (exact) mass is 402 g/mol. The summed E-state index contributed by atoms with van der Waals surface area (Å²) in [4.78, 5) is 24.9. The minimum absolute atomic E-state index is 0.353. The molecule has 3 aromatic carbocycles. The van der Waals surface area contributed by atoms with E-state index < -0.39 is 23.8 Å². The molecule has 0 saturated carbocycles. The fourth-order valence-corrected chi connectivity index (χ4v) is 4.52. The molecule has 0 radical (unpaired) electrons. The number of hydrogen-bond acceptors (Lipinski definition) is 3. The molecule has 1 aliphatic rings. The molecule has 4 rings (SSSR count). The van der Waals surface area contributed by atoms with Gasteiger partial charge < -0.3 is 9.84 Å². The Hall–Kier alpha value is -3.14. The van der Waals surface area contributed by atoms with Gasteiger partial charge in [0, 0.05) is 10.8 Å². The lowest BCUT2D eigenvalue weighted by atomic mass is 9.83. The van der Waals surface area contributed by atoms with Gasteiger partial charge in [-0.05, 0) is 53.6 Å². The van der Waals surface area contributed by atoms with Crippen LogP contribution in [0.5, 0.6) is 5.75 Å². The molecule has 0 spiro atoms. The molecule has 0 aliphatic heterocycles. The molecular weight excluding hydrogens is 376 g/mol. The molecule has 1 aliphatic carbocycles. The van der Waals surface area contributed by atoms with Gasteiger partial charge in [-0.15, -0.1) is 0 Å². The summed E-state index contributed by atoms with van der Waals surface area (Å²) in [5, 5.41) is 13.5. The van der Waals surface area contributed by atoms with Crippen LogP contribution >= 0.6 is 0 Å². The molecule has 4 heteroatoms. The molecule has 0 saturated heterocycles. The van der Waals surface area contributed by atoms with Crippen molar-refractivity contribution in [1.29, 1.82) is 0 Å². The van der Waals surface area contributed by atoms with Crippen molar-refractivity contribution in [2.24, 2.45) is 11.8 Å². The maximum Gasteiger partial charge on any atom is 0.315 e. The maximum absolute atomic E-state index is 13.2. The number of carbonyl (C=O) groups is 2. The first kappa shape index (κ1) is 20.1. The molecule has 0 fully saturated rings. The molecule has 154 valence electrons. The molecule has 1 N–H and O–H groups in total. The number of rotatable bonds is 5. The summed E-state index contributed by atoms with van der Waals surface area (Å²) >= 11 is 0. The van der Waals surface area contributed by atoms with Gasteiger partial charge in [-0.25, -0.2) is 0 Å². The Kier molecular flexibility index (Phi) is 5.58. The van der Waals surface area contributed by atoms with Crippen LogP contribution in [0.2, 0.25) is 0 Å². The van der Waals surface area contributed by atoms with Crippen LogP contribution in [0.4, 0.5) is 0 Å². The van der Waals surface area contributed by atoms with Gasteiger partial charge in [-0.3, -0.25) is 9.59 Å². The first-order valence-corrected chi connectivity index (χ1v) is 10.6. The van der Waals surface area contributed by atoms with Crippen LogP contribution in [-0.4, -0.2) is 17.0 Å². The number of carboxylic acids is 1. The van der Waals surface area contributed by atoms with E-state index >= 15 is 0 Å². The maximum atomic E-state index is 13.2. The molecule has 4 nitrogen and oxygen atoms in total. The molecule has 3 aromatic rings. The number of allylic oxidation sites excluding steroid dienone is 2. The Morgan fingerprint density at radius 2 is 1.60 bits per heavy atom. The molecule has 2 unspecified atom stereocenters. The zero-order valence-corrected chi connectivity index (χ0v) is 17.4. The van der Waals surface area contributed by atoms with E-state index in [0.29, 0.717) is 18.6 Å². The quantitative estimate of drug-likeness (QED) is 0.258. The van der Waals surface area contributed by atoms with Gasteiger partial charge in [-0.1, -0.05) is 62.4 Å². The number of aliphatic carboxylic acids is 1. The second-order valence-corrected chi connectivity index (χ2v) is 7.86. The molecule has 2 atom stereocenters. The van der Waals surface area contributed by atoms with Gasteiger partial charge in [0.25, 0.3) is 0 Å². The SMILES string of the molecule is CCc1cccc2c(OC(=O)C3CC=CCC3C(=O)O)c3c(CC)cccc3cc12. The topological polar surface area (TPSA) is 63.6 Å². The zero-order chi connectivity index (χ0) is 21.3. The Bertz CT molecular complexity index is 1160. The average molecular weight is 402 g/mol. The smallest absolute Gasteiger partial charge is 0.315 e. The zero-order valence-electron chi connectivity index (χ0n) is 17.4. The van der Waals surface area contributed by atoms with Crippen LogP contribution in [0.15, 0.2) is 54.6 Å². The van der Waals surface area contributed by atoms with Crippen LogP contribution in [0, 0.1) is 11.8 Å². The number of ether oxygens (including phenoxy) is 1. The fourth-order valence-electron chi connectivity index (χ4n) is 4.52. The Labute approximate surface area is 176 Å². The standard InChI is InChI=1S/C26H26O4/c1-3-16-9-8-14-19-22(16)15-18-11-7-10-17(4-2)23(18)24(19)30-26(29)21-13-6-5-12-20(21)25(27)28/h5-11,14-15,20-21H,3-4,12-13H2,1-2H3,(H,27,28). The first-order chi connectivity index (χ1) is 14.5. The summed E-state index contributed by atoms with van der Waals surface area (Å²) < 4.78 is 6.07. The second kappa shape index (κ2) is 8.31. The lowest BCUT2D eigenvalue weighted by molar-refractivity contribution is -0.152. The Morgan fingerprint density at radius 1 is 0.933 bits per heavy atom. The fraction of sp³-hybridized carbons (Fsp3) is 0.308. The number of aryl methyl sites for hydroxylation is 2. The van der Waals surface area contributed by atoms with Crippen LogP contribution < -0.4 is 4.74 Å². The highest BCUT2D eigenvalue weighted by Crippen LogP contribution is 2.40. The summed E-state index contributed by atoms with van der Waals surface area (Å²) in [7, 11) is 0. The number of carboxylic acid groups (broad SMARTS) is 1. The number of fused-ring (bicyclic) bond motifs is 2. The van der Waals surface area contributed by atoms with Gasteiger partial charge in [-0.2, -0.15) is 0 Å². The number of esters is 1. The predicted octanol–water partition coefficient (Wildman–Crippen LogP) is 5.69. The predicted molar refractivity (Wildman–Crippen MR) is 119 cm³/mol. The summed E-state index contributed by atoms with van der Waals surface area (Å²) in [5.41, 5.74) is 2.30. The summed E-state index contributed by atoms with van der Waals surface area (Å²) in [5.74, 6) is -2.29. The van der Waals surface area contributed by atoms with Gasteiger partial charge >= 0.3 is 11.9 Å². The van der Waals surface area contributed by atoms with E-state index in [9.17, 15) is 14.7 Å². The minimum Gasteiger partial charge on any atom is -0.481 e. The van der Waals surface area contributed by atoms with Crippen molar-refractivity contribution in [3.05, 3.63) is 65.7 Å². The van der Waals surface area contributed by atoms with Crippen LogP contribution in [0.1, 0.15) is 37.8 Å². The van der Waals surface area contributed by atoms with Crippen molar-refractivity contribution in [2.75, 3.05) is 0 Å². The molecular formula is C26H26O4. The van der Waals surface area contributed by atoms with Gasteiger partial charge in [0.15, 0.2) is 0 Å². The summed E-state index contributed by atoms with van der Waals surface area (Å²) in [6, 6.07) is 14.4. The van der Waals surface area contributed by atoms with E-state index in [1.165, 1.54) is 5.56 Å². The third-order valence-corrected chi connectivity index (χ3v) is 6.17. The van der Waals surface area contributed by atoms with Gasteiger partial charge in [0.05, 0.1) is 11.8 Å². The van der Waals surface area contributed by atoms with E-state index in [4.69, 9.17) is 4.74 Å². The number of benzene rings is 3. The molecule has 30 heavy (non-hydrogen) atoms. The van der Waals surface area contributed by atoms with Crippen molar-refractivity contribution in [1.82, 2.24) is 0 Å². The second-order valence-electron chi connectivity index (χ2n) is 7.86. The van der Waals surface area contributed by atoms with Crippen molar-refractivity contribution in [3.8, 4) is 5.75 Å².